The van der Waals surface area contributed by atoms with Crippen LogP contribution >= 0.6 is 15.9 Å². The van der Waals surface area contributed by atoms with E-state index in [4.69, 9.17) is 0 Å². The van der Waals surface area contributed by atoms with Crippen molar-refractivity contribution in [3.05, 3.63) is 82.8 Å². The van der Waals surface area contributed by atoms with Gasteiger partial charge in [0.15, 0.2) is 5.82 Å². The van der Waals surface area contributed by atoms with Crippen molar-refractivity contribution in [3.8, 4) is 0 Å². The van der Waals surface area contributed by atoms with Gasteiger partial charge in [-0.2, -0.15) is 0 Å². The minimum Gasteiger partial charge on any atom is -0.334 e. The molecule has 0 aliphatic heterocycles. The van der Waals surface area contributed by atoms with E-state index in [1.165, 1.54) is 24.3 Å². The molecule has 0 aliphatic rings. The summed E-state index contributed by atoms with van der Waals surface area (Å²) < 4.78 is 41.5. The number of nitrogens with one attached hydrogen (secondary N) is 3. The van der Waals surface area contributed by atoms with Crippen LogP contribution in [0, 0.1) is 5.82 Å². The van der Waals surface area contributed by atoms with Crippen LogP contribution < -0.4 is 15.4 Å². The molecule has 0 saturated carbocycles. The van der Waals surface area contributed by atoms with Crippen LogP contribution in [0.25, 0.3) is 0 Å². The number of carbonyl (C=O) groups excluding carboxylic acids is 1. The zero-order valence-electron chi connectivity index (χ0n) is 14.9. The number of benzene rings is 2. The molecule has 29 heavy (non-hydrogen) atoms. The van der Waals surface area contributed by atoms with Gasteiger partial charge in [-0.3, -0.25) is 9.71 Å². The number of hydrogen-bond acceptors (Lipinski definition) is 4. The van der Waals surface area contributed by atoms with Gasteiger partial charge in [0.2, 0.25) is 0 Å². The molecule has 10 heteroatoms. The number of carbonyl (C=O) groups is 1. The third-order valence-corrected chi connectivity index (χ3v) is 5.96. The molecule has 150 valence electrons. The Bertz CT molecular complexity index is 1110. The molecular formula is C19H16BrFN4O3S. The minimum absolute atomic E-state index is 0.00695. The summed E-state index contributed by atoms with van der Waals surface area (Å²) in [5, 5.41) is 5.13. The average molecular weight is 479 g/mol. The van der Waals surface area contributed by atoms with Crippen molar-refractivity contribution in [2.24, 2.45) is 0 Å². The third kappa shape index (κ3) is 5.30. The summed E-state index contributed by atoms with van der Waals surface area (Å²) in [7, 11) is -3.94. The van der Waals surface area contributed by atoms with Crippen LogP contribution in [0.4, 0.5) is 20.6 Å². The summed E-state index contributed by atoms with van der Waals surface area (Å²) in [6.07, 6.45) is 3.24. The van der Waals surface area contributed by atoms with E-state index in [0.717, 1.165) is 5.56 Å². The van der Waals surface area contributed by atoms with E-state index in [1.807, 2.05) is 0 Å². The lowest BCUT2D eigenvalue weighted by Gasteiger charge is -2.13. The fourth-order valence-electron chi connectivity index (χ4n) is 2.38. The van der Waals surface area contributed by atoms with Gasteiger partial charge in [0, 0.05) is 18.9 Å². The first-order chi connectivity index (χ1) is 13.9. The van der Waals surface area contributed by atoms with E-state index in [9.17, 15) is 17.6 Å². The van der Waals surface area contributed by atoms with Crippen LogP contribution in [0.3, 0.4) is 0 Å². The summed E-state index contributed by atoms with van der Waals surface area (Å²) in [4.78, 5) is 16.0. The molecule has 0 radical (unpaired) electrons. The van der Waals surface area contributed by atoms with Crippen molar-refractivity contribution >= 4 is 43.4 Å². The molecule has 0 unspecified atom stereocenters. The van der Waals surface area contributed by atoms with Crippen LogP contribution in [0.2, 0.25) is 0 Å². The number of pyridine rings is 1. The van der Waals surface area contributed by atoms with Gasteiger partial charge in [0.1, 0.15) is 0 Å². The predicted octanol–water partition coefficient (Wildman–Crippen LogP) is 4.11. The van der Waals surface area contributed by atoms with Crippen LogP contribution in [0.1, 0.15) is 5.56 Å². The lowest BCUT2D eigenvalue weighted by molar-refractivity contribution is 0.251. The Kier molecular flexibility index (Phi) is 6.45. The number of anilines is 2. The van der Waals surface area contributed by atoms with E-state index < -0.39 is 21.9 Å². The smallest absolute Gasteiger partial charge is 0.319 e. The second-order valence-corrected chi connectivity index (χ2v) is 8.35. The molecule has 0 saturated heterocycles. The Labute approximate surface area is 175 Å². The van der Waals surface area contributed by atoms with Gasteiger partial charge in [-0.15, -0.1) is 0 Å². The molecule has 0 bridgehead atoms. The molecule has 3 rings (SSSR count). The number of aromatic nitrogens is 1. The maximum atomic E-state index is 14.7. The summed E-state index contributed by atoms with van der Waals surface area (Å²) in [5.74, 6) is -0.852. The van der Waals surface area contributed by atoms with E-state index >= 15 is 0 Å². The molecule has 0 aliphatic carbocycles. The third-order valence-electron chi connectivity index (χ3n) is 3.80. The molecule has 1 heterocycles. The highest BCUT2D eigenvalue weighted by atomic mass is 79.9. The Morgan fingerprint density at radius 3 is 2.45 bits per heavy atom. The largest absolute Gasteiger partial charge is 0.334 e. The van der Waals surface area contributed by atoms with E-state index in [0.29, 0.717) is 0 Å². The monoisotopic (exact) mass is 478 g/mol. The normalized spacial score (nSPS) is 11.0. The highest BCUT2D eigenvalue weighted by Gasteiger charge is 2.19. The van der Waals surface area contributed by atoms with Crippen LogP contribution in [-0.2, 0) is 16.6 Å². The number of urea groups is 1. The number of amides is 2. The Morgan fingerprint density at radius 2 is 1.76 bits per heavy atom. The van der Waals surface area contributed by atoms with Gasteiger partial charge in [-0.05, 0) is 51.8 Å². The summed E-state index contributed by atoms with van der Waals surface area (Å²) in [5.41, 5.74) is 0.703. The van der Waals surface area contributed by atoms with Gasteiger partial charge >= 0.3 is 6.03 Å². The molecule has 2 amide bonds. The van der Waals surface area contributed by atoms with Crippen molar-refractivity contribution in [1.29, 1.82) is 0 Å². The highest BCUT2D eigenvalue weighted by molar-refractivity contribution is 9.10. The zero-order valence-corrected chi connectivity index (χ0v) is 17.3. The fraction of sp³-hybridized carbons (Fsp3) is 0.0526. The standard InChI is InChI=1S/C19H16BrFN4O3S/c20-17-15(24-19(26)23-12-13-5-4-10-22-11-13)8-9-16(18(17)21)25-29(27,28)14-6-2-1-3-7-14/h1-11,25H,12H2,(H2,23,24,26). The molecule has 0 spiro atoms. The van der Waals surface area contributed by atoms with Crippen LogP contribution in [-0.4, -0.2) is 19.4 Å². The molecule has 7 nitrogen and oxygen atoms in total. The molecule has 1 aromatic heterocycles. The van der Waals surface area contributed by atoms with Crippen molar-refractivity contribution < 1.29 is 17.6 Å². The maximum absolute atomic E-state index is 14.7. The number of hydrogen-bond donors (Lipinski definition) is 3. The van der Waals surface area contributed by atoms with Gasteiger partial charge < -0.3 is 10.6 Å². The first kappa shape index (κ1) is 20.7. The average Bonchev–Trinajstić information content (AvgIpc) is 2.73. The first-order valence-electron chi connectivity index (χ1n) is 8.36. The van der Waals surface area contributed by atoms with Crippen molar-refractivity contribution in [2.45, 2.75) is 11.4 Å². The molecule has 0 fully saturated rings. The summed E-state index contributed by atoms with van der Waals surface area (Å²) in [6.45, 7) is 0.245. The van der Waals surface area contributed by atoms with Crippen molar-refractivity contribution in [2.75, 3.05) is 10.0 Å². The lowest BCUT2D eigenvalue weighted by Crippen LogP contribution is -2.28. The molecule has 2 aromatic carbocycles. The van der Waals surface area contributed by atoms with E-state index in [2.05, 4.69) is 36.3 Å². The zero-order chi connectivity index (χ0) is 20.9. The number of sulfonamides is 1. The molecular weight excluding hydrogens is 463 g/mol. The SMILES string of the molecule is O=C(NCc1cccnc1)Nc1ccc(NS(=O)(=O)c2ccccc2)c(F)c1Br. The predicted molar refractivity (Wildman–Crippen MR) is 111 cm³/mol. The quantitative estimate of drug-likeness (QED) is 0.496. The second-order valence-electron chi connectivity index (χ2n) is 5.88. The Morgan fingerprint density at radius 1 is 1.03 bits per heavy atom. The Balaban J connectivity index is 1.70. The van der Waals surface area contributed by atoms with Crippen molar-refractivity contribution in [3.63, 3.8) is 0 Å². The second kappa shape index (κ2) is 9.01. The molecule has 0 atom stereocenters. The van der Waals surface area contributed by atoms with Crippen LogP contribution in [0.5, 0.6) is 0 Å². The lowest BCUT2D eigenvalue weighted by atomic mass is 10.2. The van der Waals surface area contributed by atoms with Gasteiger partial charge in [-0.25, -0.2) is 17.6 Å². The number of halogens is 2. The molecule has 3 N–H and O–H groups in total. The van der Waals surface area contributed by atoms with E-state index in [-0.39, 0.29) is 27.3 Å². The van der Waals surface area contributed by atoms with E-state index in [1.54, 1.807) is 42.7 Å². The van der Waals surface area contributed by atoms with Gasteiger partial charge in [0.05, 0.1) is 20.7 Å². The van der Waals surface area contributed by atoms with Crippen LogP contribution in [0.15, 0.2) is 76.4 Å². The Hall–Kier alpha value is -2.98. The van der Waals surface area contributed by atoms with Gasteiger partial charge in [0.25, 0.3) is 10.0 Å². The summed E-state index contributed by atoms with van der Waals surface area (Å²) >= 11 is 3.06. The number of nitrogens with zero attached hydrogens (tertiary/aromatic N) is 1. The minimum atomic E-state index is -3.94. The molecule has 3 aromatic rings. The maximum Gasteiger partial charge on any atom is 0.319 e. The topological polar surface area (TPSA) is 100 Å². The first-order valence-corrected chi connectivity index (χ1v) is 10.6. The van der Waals surface area contributed by atoms with Crippen molar-refractivity contribution in [1.82, 2.24) is 10.3 Å². The highest BCUT2D eigenvalue weighted by Crippen LogP contribution is 2.31. The van der Waals surface area contributed by atoms with Gasteiger partial charge in [-0.1, -0.05) is 24.3 Å². The number of rotatable bonds is 6. The fourth-order valence-corrected chi connectivity index (χ4v) is 3.91. The summed E-state index contributed by atoms with van der Waals surface area (Å²) in [6, 6.07) is 13.2.